The number of amides is 1. The second kappa shape index (κ2) is 13.2. The second-order valence-electron chi connectivity index (χ2n) is 11.3. The first kappa shape index (κ1) is 31.0. The molecule has 234 valence electrons. The van der Waals surface area contributed by atoms with E-state index in [1.54, 1.807) is 16.6 Å². The molecule has 7 nitrogen and oxygen atoms in total. The molecule has 0 fully saturated rings. The van der Waals surface area contributed by atoms with Gasteiger partial charge in [-0.05, 0) is 73.9 Å². The molecule has 0 radical (unpaired) electrons. The molecule has 0 bridgehead atoms. The molecule has 1 atom stereocenters. The van der Waals surface area contributed by atoms with E-state index in [0.29, 0.717) is 46.0 Å². The monoisotopic (exact) mass is 631 g/mol. The van der Waals surface area contributed by atoms with Crippen LogP contribution in [0.25, 0.3) is 16.8 Å². The SMILES string of the molecule is CCN(CC)C(=O)C1=C(C)N=c2s/c(=C/c3ccc(OCc4ccc(C)cc4)cc3)c(=O)n2[C@H]1c1c(OC)ccc2ccccc12. The van der Waals surface area contributed by atoms with Crippen LogP contribution >= 0.6 is 11.3 Å². The zero-order valence-electron chi connectivity index (χ0n) is 26.7. The van der Waals surface area contributed by atoms with Crippen LogP contribution < -0.4 is 24.4 Å². The molecule has 6 rings (SSSR count). The number of hydrogen-bond acceptors (Lipinski definition) is 6. The Labute approximate surface area is 272 Å². The van der Waals surface area contributed by atoms with Gasteiger partial charge in [0.05, 0.1) is 22.9 Å². The third-order valence-electron chi connectivity index (χ3n) is 8.43. The highest BCUT2D eigenvalue weighted by Gasteiger charge is 2.36. The van der Waals surface area contributed by atoms with Crippen molar-refractivity contribution in [1.29, 1.82) is 0 Å². The van der Waals surface area contributed by atoms with Gasteiger partial charge >= 0.3 is 0 Å². The van der Waals surface area contributed by atoms with Crippen molar-refractivity contribution in [3.8, 4) is 11.5 Å². The number of thiazole rings is 1. The van der Waals surface area contributed by atoms with Crippen LogP contribution in [0.15, 0.2) is 106 Å². The fraction of sp³-hybridized carbons (Fsp3) is 0.237. The molecule has 0 unspecified atom stereocenters. The molecule has 1 aliphatic rings. The van der Waals surface area contributed by atoms with Gasteiger partial charge < -0.3 is 14.4 Å². The quantitative estimate of drug-likeness (QED) is 0.196. The predicted octanol–water partition coefficient (Wildman–Crippen LogP) is 6.15. The number of ether oxygens (including phenoxy) is 2. The Morgan fingerprint density at radius 1 is 0.957 bits per heavy atom. The van der Waals surface area contributed by atoms with Gasteiger partial charge in [-0.15, -0.1) is 0 Å². The van der Waals surface area contributed by atoms with Gasteiger partial charge in [0.25, 0.3) is 11.5 Å². The first-order valence-corrected chi connectivity index (χ1v) is 16.3. The van der Waals surface area contributed by atoms with Crippen molar-refractivity contribution < 1.29 is 14.3 Å². The topological polar surface area (TPSA) is 73.1 Å². The van der Waals surface area contributed by atoms with E-state index in [2.05, 4.69) is 31.2 Å². The summed E-state index contributed by atoms with van der Waals surface area (Å²) in [7, 11) is 1.62. The Kier molecular flexibility index (Phi) is 8.90. The van der Waals surface area contributed by atoms with E-state index in [9.17, 15) is 9.59 Å². The Bertz CT molecular complexity index is 2120. The van der Waals surface area contributed by atoms with Crippen molar-refractivity contribution in [2.24, 2.45) is 4.99 Å². The molecule has 0 aliphatic carbocycles. The first-order valence-electron chi connectivity index (χ1n) is 15.5. The molecular formula is C38H37N3O4S. The molecule has 0 N–H and O–H groups in total. The van der Waals surface area contributed by atoms with E-state index in [1.165, 1.54) is 16.9 Å². The Hall–Kier alpha value is -4.95. The van der Waals surface area contributed by atoms with Gasteiger partial charge in [0, 0.05) is 18.7 Å². The highest BCUT2D eigenvalue weighted by molar-refractivity contribution is 7.07. The molecule has 46 heavy (non-hydrogen) atoms. The van der Waals surface area contributed by atoms with Gasteiger partial charge in [0.1, 0.15) is 24.1 Å². The lowest BCUT2D eigenvalue weighted by Crippen LogP contribution is -2.43. The fourth-order valence-corrected chi connectivity index (χ4v) is 6.99. The number of rotatable bonds is 9. The largest absolute Gasteiger partial charge is 0.496 e. The van der Waals surface area contributed by atoms with Gasteiger partial charge in [-0.25, -0.2) is 4.99 Å². The molecule has 2 heterocycles. The lowest BCUT2D eigenvalue weighted by atomic mass is 9.90. The number of aromatic nitrogens is 1. The molecule has 1 amide bonds. The summed E-state index contributed by atoms with van der Waals surface area (Å²) in [4.78, 5) is 35.6. The van der Waals surface area contributed by atoms with Crippen LogP contribution in [-0.4, -0.2) is 35.6 Å². The summed E-state index contributed by atoms with van der Waals surface area (Å²) in [5.74, 6) is 1.22. The maximum absolute atomic E-state index is 14.3. The smallest absolute Gasteiger partial charge is 0.271 e. The highest BCUT2D eigenvalue weighted by atomic mass is 32.1. The number of likely N-dealkylation sites (N-methyl/N-ethyl adjacent to an activating group) is 1. The number of aryl methyl sites for hydroxylation is 1. The molecule has 4 aromatic carbocycles. The standard InChI is InChI=1S/C38H37N3O4S/c1-6-40(7-2)37(43)33-25(4)39-38-41(35(33)34-30-11-9-8-10-28(30)18-21-31(34)44-5)36(42)32(46-38)22-26-16-19-29(20-17-26)45-23-27-14-12-24(3)13-15-27/h8-22,35H,6-7,23H2,1-5H3/b32-22+/t35-/m1/s1. The summed E-state index contributed by atoms with van der Waals surface area (Å²) in [5.41, 5.74) is 4.81. The van der Waals surface area contributed by atoms with Crippen molar-refractivity contribution >= 4 is 34.1 Å². The molecule has 8 heteroatoms. The second-order valence-corrected chi connectivity index (χ2v) is 12.3. The van der Waals surface area contributed by atoms with Crippen LogP contribution in [-0.2, 0) is 11.4 Å². The summed E-state index contributed by atoms with van der Waals surface area (Å²) < 4.78 is 14.1. The van der Waals surface area contributed by atoms with Crippen molar-refractivity contribution in [2.75, 3.05) is 20.2 Å². The van der Waals surface area contributed by atoms with Crippen LogP contribution in [0.3, 0.4) is 0 Å². The summed E-state index contributed by atoms with van der Waals surface area (Å²) in [5, 5.41) is 1.91. The minimum atomic E-state index is -0.717. The third kappa shape index (κ3) is 5.88. The molecule has 1 aliphatic heterocycles. The van der Waals surface area contributed by atoms with E-state index in [1.807, 2.05) is 87.5 Å². The van der Waals surface area contributed by atoms with Gasteiger partial charge in [-0.1, -0.05) is 83.6 Å². The van der Waals surface area contributed by atoms with Crippen LogP contribution in [0, 0.1) is 6.92 Å². The molecule has 0 saturated carbocycles. The number of nitrogens with zero attached hydrogens (tertiary/aromatic N) is 3. The van der Waals surface area contributed by atoms with Gasteiger partial charge in [0.2, 0.25) is 0 Å². The zero-order chi connectivity index (χ0) is 32.4. The van der Waals surface area contributed by atoms with Crippen molar-refractivity contribution in [3.63, 3.8) is 0 Å². The maximum Gasteiger partial charge on any atom is 0.271 e. The molecule has 5 aromatic rings. The van der Waals surface area contributed by atoms with Crippen molar-refractivity contribution in [3.05, 3.63) is 138 Å². The molecule has 0 spiro atoms. The summed E-state index contributed by atoms with van der Waals surface area (Å²) in [6.07, 6.45) is 1.87. The van der Waals surface area contributed by atoms with Crippen LogP contribution in [0.2, 0.25) is 0 Å². The Balaban J connectivity index is 1.45. The van der Waals surface area contributed by atoms with Crippen LogP contribution in [0.1, 0.15) is 49.1 Å². The van der Waals surface area contributed by atoms with Crippen LogP contribution in [0.5, 0.6) is 11.5 Å². The van der Waals surface area contributed by atoms with E-state index >= 15 is 0 Å². The fourth-order valence-electron chi connectivity index (χ4n) is 5.95. The third-order valence-corrected chi connectivity index (χ3v) is 9.41. The number of allylic oxidation sites excluding steroid dienone is 1. The lowest BCUT2D eigenvalue weighted by molar-refractivity contribution is -0.127. The van der Waals surface area contributed by atoms with Gasteiger partial charge in [-0.2, -0.15) is 0 Å². The van der Waals surface area contributed by atoms with Gasteiger partial charge in [-0.3, -0.25) is 14.2 Å². The first-order chi connectivity index (χ1) is 22.3. The van der Waals surface area contributed by atoms with Crippen molar-refractivity contribution in [2.45, 2.75) is 40.3 Å². The van der Waals surface area contributed by atoms with E-state index in [-0.39, 0.29) is 11.5 Å². The number of hydrogen-bond donors (Lipinski definition) is 0. The summed E-state index contributed by atoms with van der Waals surface area (Å²) in [6, 6.07) is 27.1. The summed E-state index contributed by atoms with van der Waals surface area (Å²) >= 11 is 1.32. The molecule has 1 aromatic heterocycles. The van der Waals surface area contributed by atoms with E-state index in [4.69, 9.17) is 14.5 Å². The van der Waals surface area contributed by atoms with Crippen molar-refractivity contribution in [1.82, 2.24) is 9.47 Å². The van der Waals surface area contributed by atoms with Crippen LogP contribution in [0.4, 0.5) is 0 Å². The van der Waals surface area contributed by atoms with Gasteiger partial charge in [0.15, 0.2) is 4.80 Å². The predicted molar refractivity (Wildman–Crippen MR) is 184 cm³/mol. The minimum Gasteiger partial charge on any atom is -0.496 e. The Morgan fingerprint density at radius 2 is 1.67 bits per heavy atom. The lowest BCUT2D eigenvalue weighted by Gasteiger charge is -2.30. The van der Waals surface area contributed by atoms with E-state index in [0.717, 1.165) is 33.2 Å². The Morgan fingerprint density at radius 3 is 2.37 bits per heavy atom. The highest BCUT2D eigenvalue weighted by Crippen LogP contribution is 2.40. The maximum atomic E-state index is 14.3. The molecular weight excluding hydrogens is 595 g/mol. The normalized spacial score (nSPS) is 14.6. The summed E-state index contributed by atoms with van der Waals surface area (Å²) in [6.45, 7) is 9.39. The number of fused-ring (bicyclic) bond motifs is 2. The number of methoxy groups -OCH3 is 1. The average Bonchev–Trinajstić information content (AvgIpc) is 3.38. The number of benzene rings is 4. The number of carbonyl (C=O) groups is 1. The minimum absolute atomic E-state index is 0.137. The average molecular weight is 632 g/mol. The zero-order valence-corrected chi connectivity index (χ0v) is 27.6. The number of carbonyl (C=O) groups excluding carboxylic acids is 1. The molecule has 0 saturated heterocycles. The van der Waals surface area contributed by atoms with E-state index < -0.39 is 6.04 Å².